The van der Waals surface area contributed by atoms with Crippen LogP contribution in [0.1, 0.15) is 22.5 Å². The fourth-order valence-electron chi connectivity index (χ4n) is 1.86. The van der Waals surface area contributed by atoms with Gasteiger partial charge in [-0.05, 0) is 36.1 Å². The first kappa shape index (κ1) is 18.8. The normalized spacial score (nSPS) is 10.2. The average molecular weight is 383 g/mol. The summed E-state index contributed by atoms with van der Waals surface area (Å²) < 4.78 is 10.4. The predicted molar refractivity (Wildman–Crippen MR) is 90.1 cm³/mol. The number of aliphatic carboxylic acids is 1. The fourth-order valence-corrected chi connectivity index (χ4v) is 2.76. The van der Waals surface area contributed by atoms with Gasteiger partial charge in [-0.3, -0.25) is 4.79 Å². The molecule has 0 saturated heterocycles. The monoisotopic (exact) mass is 382 g/mol. The van der Waals surface area contributed by atoms with Crippen LogP contribution in [0.25, 0.3) is 0 Å². The van der Waals surface area contributed by atoms with Crippen molar-refractivity contribution in [2.45, 2.75) is 12.8 Å². The van der Waals surface area contributed by atoms with E-state index in [2.05, 4.69) is 10.1 Å². The Labute approximate surface area is 152 Å². The number of carboxylic acid groups (broad SMARTS) is 1. The van der Waals surface area contributed by atoms with Gasteiger partial charge in [-0.1, -0.05) is 11.6 Å². The van der Waals surface area contributed by atoms with E-state index in [9.17, 15) is 19.5 Å². The molecule has 1 N–H and O–H groups in total. The van der Waals surface area contributed by atoms with E-state index in [1.807, 2.05) is 0 Å². The number of carbonyl (C=O) groups is 3. The van der Waals surface area contributed by atoms with Gasteiger partial charge in [0.25, 0.3) is 0 Å². The van der Waals surface area contributed by atoms with Gasteiger partial charge < -0.3 is 24.7 Å². The Morgan fingerprint density at radius 2 is 1.96 bits per heavy atom. The molecule has 0 spiro atoms. The molecule has 132 valence electrons. The number of benzene rings is 1. The van der Waals surface area contributed by atoms with Crippen molar-refractivity contribution < 1.29 is 29.0 Å². The van der Waals surface area contributed by atoms with Crippen molar-refractivity contribution in [2.75, 3.05) is 12.4 Å². The van der Waals surface area contributed by atoms with Crippen molar-refractivity contribution in [1.29, 1.82) is 0 Å². The number of nitrogens with one attached hydrogen (secondary N) is 1. The second kappa shape index (κ2) is 8.50. The number of rotatable bonds is 7. The zero-order chi connectivity index (χ0) is 18.4. The number of methoxy groups -OCH3 is 1. The van der Waals surface area contributed by atoms with E-state index >= 15 is 0 Å². The Hall–Kier alpha value is -2.58. The summed E-state index contributed by atoms with van der Waals surface area (Å²) in [5, 5.41) is 15.0. The number of hydrogen-bond donors (Lipinski definition) is 1. The Kier molecular flexibility index (Phi) is 6.37. The second-order valence-electron chi connectivity index (χ2n) is 4.77. The Morgan fingerprint density at radius 1 is 1.20 bits per heavy atom. The number of esters is 1. The Bertz CT molecular complexity index is 804. The fraction of sp³-hybridized carbons (Fsp3) is 0.188. The highest BCUT2D eigenvalue weighted by Crippen LogP contribution is 2.35. The maximum absolute atomic E-state index is 11.8. The number of anilines is 1. The van der Waals surface area contributed by atoms with Gasteiger partial charge in [-0.15, -0.1) is 11.3 Å². The van der Waals surface area contributed by atoms with Crippen molar-refractivity contribution in [3.63, 3.8) is 0 Å². The zero-order valence-electron chi connectivity index (χ0n) is 13.0. The van der Waals surface area contributed by atoms with Crippen LogP contribution in [0.4, 0.5) is 5.69 Å². The molecular formula is C16H13ClNO6S-. The van der Waals surface area contributed by atoms with Crippen molar-refractivity contribution in [1.82, 2.24) is 0 Å². The number of thiophene rings is 1. The first-order valence-corrected chi connectivity index (χ1v) is 8.29. The van der Waals surface area contributed by atoms with E-state index in [-0.39, 0.29) is 28.5 Å². The molecule has 1 aromatic heterocycles. The Morgan fingerprint density at radius 3 is 2.64 bits per heavy atom. The summed E-state index contributed by atoms with van der Waals surface area (Å²) in [5.41, 5.74) is 0.248. The first-order chi connectivity index (χ1) is 11.9. The van der Waals surface area contributed by atoms with Crippen LogP contribution in [0.3, 0.4) is 0 Å². The third-order valence-corrected chi connectivity index (χ3v) is 4.10. The summed E-state index contributed by atoms with van der Waals surface area (Å²) in [6, 6.07) is 6.12. The number of carboxylic acids is 1. The molecule has 0 bridgehead atoms. The highest BCUT2D eigenvalue weighted by atomic mass is 35.5. The summed E-state index contributed by atoms with van der Waals surface area (Å²) in [6.07, 6.45) is -0.653. The third kappa shape index (κ3) is 5.20. The third-order valence-electron chi connectivity index (χ3n) is 2.99. The summed E-state index contributed by atoms with van der Waals surface area (Å²) in [5.74, 6) is -1.88. The van der Waals surface area contributed by atoms with E-state index in [4.69, 9.17) is 16.3 Å². The lowest BCUT2D eigenvalue weighted by atomic mass is 10.2. The van der Waals surface area contributed by atoms with E-state index in [0.29, 0.717) is 5.02 Å². The SMILES string of the molecule is COC(=O)c1sccc1Oc1ccc(Cl)cc1NC(=O)CCC(=O)[O-]. The number of hydrogen-bond acceptors (Lipinski definition) is 7. The maximum Gasteiger partial charge on any atom is 0.351 e. The molecule has 0 radical (unpaired) electrons. The molecule has 25 heavy (non-hydrogen) atoms. The van der Waals surface area contributed by atoms with Gasteiger partial charge in [0.1, 0.15) is 0 Å². The van der Waals surface area contributed by atoms with Crippen molar-refractivity contribution in [3.05, 3.63) is 39.5 Å². The lowest BCUT2D eigenvalue weighted by molar-refractivity contribution is -0.305. The van der Waals surface area contributed by atoms with Gasteiger partial charge in [0, 0.05) is 17.4 Å². The van der Waals surface area contributed by atoms with E-state index < -0.39 is 24.3 Å². The molecular weight excluding hydrogens is 370 g/mol. The zero-order valence-corrected chi connectivity index (χ0v) is 14.6. The van der Waals surface area contributed by atoms with Crippen molar-refractivity contribution in [3.8, 4) is 11.5 Å². The van der Waals surface area contributed by atoms with Crippen LogP contribution >= 0.6 is 22.9 Å². The van der Waals surface area contributed by atoms with Crippen LogP contribution in [0.15, 0.2) is 29.6 Å². The Balaban J connectivity index is 2.21. The average Bonchev–Trinajstić information content (AvgIpc) is 3.03. The van der Waals surface area contributed by atoms with Crippen LogP contribution in [-0.2, 0) is 14.3 Å². The smallest absolute Gasteiger partial charge is 0.351 e. The van der Waals surface area contributed by atoms with E-state index in [0.717, 1.165) is 11.3 Å². The maximum atomic E-state index is 11.8. The molecule has 0 saturated carbocycles. The van der Waals surface area contributed by atoms with Crippen molar-refractivity contribution >= 4 is 46.5 Å². The summed E-state index contributed by atoms with van der Waals surface area (Å²) in [7, 11) is 1.26. The molecule has 0 aliphatic heterocycles. The summed E-state index contributed by atoms with van der Waals surface area (Å²) >= 11 is 7.08. The molecule has 2 rings (SSSR count). The van der Waals surface area contributed by atoms with E-state index in [1.54, 1.807) is 17.5 Å². The lowest BCUT2D eigenvalue weighted by Gasteiger charge is -2.13. The van der Waals surface area contributed by atoms with Gasteiger partial charge in [0.2, 0.25) is 5.91 Å². The van der Waals surface area contributed by atoms with Crippen LogP contribution in [0, 0.1) is 0 Å². The molecule has 0 atom stereocenters. The number of carbonyl (C=O) groups excluding carboxylic acids is 3. The van der Waals surface area contributed by atoms with Gasteiger partial charge >= 0.3 is 5.97 Å². The lowest BCUT2D eigenvalue weighted by Crippen LogP contribution is -2.24. The quantitative estimate of drug-likeness (QED) is 0.737. The van der Waals surface area contributed by atoms with Gasteiger partial charge in [0.05, 0.1) is 12.8 Å². The largest absolute Gasteiger partial charge is 0.550 e. The van der Waals surface area contributed by atoms with Gasteiger partial charge in [-0.2, -0.15) is 0 Å². The molecule has 0 aliphatic carbocycles. The van der Waals surface area contributed by atoms with Crippen molar-refractivity contribution in [2.24, 2.45) is 0 Å². The molecule has 1 amide bonds. The first-order valence-electron chi connectivity index (χ1n) is 7.03. The second-order valence-corrected chi connectivity index (χ2v) is 6.12. The highest BCUT2D eigenvalue weighted by molar-refractivity contribution is 7.12. The predicted octanol–water partition coefficient (Wildman–Crippen LogP) is 2.45. The topological polar surface area (TPSA) is 105 Å². The summed E-state index contributed by atoms with van der Waals surface area (Å²) in [6.45, 7) is 0. The molecule has 9 heteroatoms. The minimum absolute atomic E-state index is 0.245. The number of ether oxygens (including phenoxy) is 2. The molecule has 0 unspecified atom stereocenters. The molecule has 0 aliphatic rings. The van der Waals surface area contributed by atoms with Gasteiger partial charge in [-0.25, -0.2) is 4.79 Å². The number of halogens is 1. The molecule has 0 fully saturated rings. The number of amides is 1. The molecule has 1 aromatic carbocycles. The standard InChI is InChI=1S/C16H14ClNO6S/c1-23-16(22)15-12(6-7-25-15)24-11-3-2-9(17)8-10(11)18-13(19)4-5-14(20)21/h2-3,6-8H,4-5H2,1H3,(H,18,19)(H,20,21)/p-1. The van der Waals surface area contributed by atoms with Gasteiger partial charge in [0.15, 0.2) is 16.4 Å². The molecule has 1 heterocycles. The molecule has 2 aromatic rings. The van der Waals surface area contributed by atoms with Crippen LogP contribution < -0.4 is 15.2 Å². The minimum atomic E-state index is -1.32. The van der Waals surface area contributed by atoms with Crippen LogP contribution in [0.2, 0.25) is 5.02 Å². The minimum Gasteiger partial charge on any atom is -0.550 e. The molecule has 7 nitrogen and oxygen atoms in total. The van der Waals surface area contributed by atoms with E-state index in [1.165, 1.54) is 19.2 Å². The summed E-state index contributed by atoms with van der Waals surface area (Å²) in [4.78, 5) is 34.2. The van der Waals surface area contributed by atoms with Crippen LogP contribution in [0.5, 0.6) is 11.5 Å². The highest BCUT2D eigenvalue weighted by Gasteiger charge is 2.17. The van der Waals surface area contributed by atoms with Crippen LogP contribution in [-0.4, -0.2) is 25.0 Å².